The highest BCUT2D eigenvalue weighted by Crippen LogP contribution is 2.35. The lowest BCUT2D eigenvalue weighted by Gasteiger charge is -1.99. The fourth-order valence-electron chi connectivity index (χ4n) is 1.29. The molecule has 4 nitrogen and oxygen atoms in total. The number of hydrogen-bond donors (Lipinski definition) is 4. The summed E-state index contributed by atoms with van der Waals surface area (Å²) in [6.45, 7) is 0. The molecule has 0 bridgehead atoms. The topological polar surface area (TPSA) is 80.9 Å². The van der Waals surface area contributed by atoms with Gasteiger partial charge in [-0.25, -0.2) is 0 Å². The molecule has 1 aromatic heterocycles. The van der Waals surface area contributed by atoms with Crippen molar-refractivity contribution in [2.45, 2.75) is 0 Å². The van der Waals surface area contributed by atoms with E-state index in [4.69, 9.17) is 10.0 Å². The van der Waals surface area contributed by atoms with Gasteiger partial charge in [0.05, 0.1) is 4.70 Å². The molecule has 0 amide bonds. The number of benzene rings is 1. The molecule has 2 aromatic rings. The summed E-state index contributed by atoms with van der Waals surface area (Å²) in [5.74, 6) is -0.433. The minimum Gasteiger partial charge on any atom is -0.504 e. The first kappa shape index (κ1) is 9.33. The Hall–Kier alpha value is -1.24. The van der Waals surface area contributed by atoms with Gasteiger partial charge in [0, 0.05) is 5.46 Å². The second-order valence-corrected chi connectivity index (χ2v) is 3.75. The van der Waals surface area contributed by atoms with Crippen LogP contribution in [0, 0.1) is 0 Å². The minimum atomic E-state index is -1.56. The van der Waals surface area contributed by atoms with E-state index in [-0.39, 0.29) is 11.5 Å². The van der Waals surface area contributed by atoms with Crippen LogP contribution in [0.25, 0.3) is 10.1 Å². The molecule has 0 radical (unpaired) electrons. The van der Waals surface area contributed by atoms with Crippen molar-refractivity contribution < 1.29 is 20.3 Å². The Labute approximate surface area is 83.8 Å². The maximum atomic E-state index is 9.45. The van der Waals surface area contributed by atoms with Crippen molar-refractivity contribution in [2.24, 2.45) is 0 Å². The highest BCUT2D eigenvalue weighted by Gasteiger charge is 2.18. The third-order valence-electron chi connectivity index (χ3n) is 2.00. The number of rotatable bonds is 1. The zero-order chi connectivity index (χ0) is 10.3. The smallest absolute Gasteiger partial charge is 0.489 e. The molecule has 0 aliphatic carbocycles. The van der Waals surface area contributed by atoms with Gasteiger partial charge < -0.3 is 20.3 Å². The largest absolute Gasteiger partial charge is 0.504 e. The van der Waals surface area contributed by atoms with Crippen LogP contribution in [-0.4, -0.2) is 27.4 Å². The van der Waals surface area contributed by atoms with Crippen LogP contribution >= 0.6 is 11.3 Å². The van der Waals surface area contributed by atoms with Gasteiger partial charge in [-0.2, -0.15) is 0 Å². The maximum absolute atomic E-state index is 9.45. The summed E-state index contributed by atoms with van der Waals surface area (Å²) < 4.78 is 0.452. The standard InChI is InChI=1S/C8H7BO4S/c10-6-2-1-4-5(9(12)13)3-14-8(4)7(6)11/h1-3,10-13H. The molecule has 72 valence electrons. The van der Waals surface area contributed by atoms with Gasteiger partial charge in [-0.3, -0.25) is 0 Å². The Morgan fingerprint density at radius 1 is 1.14 bits per heavy atom. The molecule has 0 fully saturated rings. The van der Waals surface area contributed by atoms with Crippen molar-refractivity contribution in [3.8, 4) is 11.5 Å². The molecule has 1 aromatic carbocycles. The third kappa shape index (κ3) is 1.24. The predicted molar refractivity (Wildman–Crippen MR) is 55.0 cm³/mol. The lowest BCUT2D eigenvalue weighted by atomic mass is 9.80. The van der Waals surface area contributed by atoms with Gasteiger partial charge in [-0.15, -0.1) is 11.3 Å². The Bertz CT molecular complexity index is 479. The average molecular weight is 210 g/mol. The number of thiophene rings is 1. The van der Waals surface area contributed by atoms with Crippen LogP contribution in [0.3, 0.4) is 0 Å². The second-order valence-electron chi connectivity index (χ2n) is 2.87. The van der Waals surface area contributed by atoms with Gasteiger partial charge in [-0.05, 0) is 22.9 Å². The molecule has 1 heterocycles. The van der Waals surface area contributed by atoms with Gasteiger partial charge in [0.15, 0.2) is 11.5 Å². The zero-order valence-corrected chi connectivity index (χ0v) is 7.82. The molecule has 0 aliphatic rings. The van der Waals surface area contributed by atoms with E-state index >= 15 is 0 Å². The van der Waals surface area contributed by atoms with E-state index in [1.807, 2.05) is 0 Å². The molecule has 0 unspecified atom stereocenters. The highest BCUT2D eigenvalue weighted by molar-refractivity contribution is 7.19. The van der Waals surface area contributed by atoms with E-state index in [1.165, 1.54) is 17.5 Å². The number of aromatic hydroxyl groups is 2. The van der Waals surface area contributed by atoms with E-state index in [1.54, 1.807) is 0 Å². The molecule has 0 spiro atoms. The van der Waals surface area contributed by atoms with Crippen molar-refractivity contribution in [3.05, 3.63) is 17.5 Å². The minimum absolute atomic E-state index is 0.210. The van der Waals surface area contributed by atoms with Crippen LogP contribution < -0.4 is 5.46 Å². The molecular weight excluding hydrogens is 203 g/mol. The molecule has 4 N–H and O–H groups in total. The van der Waals surface area contributed by atoms with Crippen molar-refractivity contribution >= 4 is 34.0 Å². The van der Waals surface area contributed by atoms with Crippen molar-refractivity contribution in [3.63, 3.8) is 0 Å². The maximum Gasteiger partial charge on any atom is 0.489 e. The van der Waals surface area contributed by atoms with Crippen LogP contribution in [-0.2, 0) is 0 Å². The van der Waals surface area contributed by atoms with Gasteiger partial charge in [0.25, 0.3) is 0 Å². The van der Waals surface area contributed by atoms with E-state index in [0.717, 1.165) is 11.3 Å². The monoisotopic (exact) mass is 210 g/mol. The Kier molecular flexibility index (Phi) is 2.11. The SMILES string of the molecule is OB(O)c1csc2c(O)c(O)ccc12. The Morgan fingerprint density at radius 3 is 2.50 bits per heavy atom. The summed E-state index contributed by atoms with van der Waals surface area (Å²) in [7, 11) is -1.56. The fourth-order valence-corrected chi connectivity index (χ4v) is 2.32. The summed E-state index contributed by atoms with van der Waals surface area (Å²) >= 11 is 1.15. The van der Waals surface area contributed by atoms with E-state index in [0.29, 0.717) is 15.5 Å². The van der Waals surface area contributed by atoms with Crippen molar-refractivity contribution in [1.29, 1.82) is 0 Å². The summed E-state index contributed by atoms with van der Waals surface area (Å²) in [5, 5.41) is 38.7. The summed E-state index contributed by atoms with van der Waals surface area (Å²) in [6, 6.07) is 2.85. The molecular formula is C8H7BO4S. The van der Waals surface area contributed by atoms with Gasteiger partial charge in [-0.1, -0.05) is 0 Å². The first-order valence-electron chi connectivity index (χ1n) is 3.89. The predicted octanol–water partition coefficient (Wildman–Crippen LogP) is -0.00770. The summed E-state index contributed by atoms with van der Waals surface area (Å²) in [5.41, 5.74) is 0.334. The van der Waals surface area contributed by atoms with Crippen LogP contribution in [0.4, 0.5) is 0 Å². The van der Waals surface area contributed by atoms with Crippen molar-refractivity contribution in [1.82, 2.24) is 0 Å². The molecule has 0 aliphatic heterocycles. The van der Waals surface area contributed by atoms with E-state index in [2.05, 4.69) is 0 Å². The molecule has 6 heteroatoms. The molecule has 14 heavy (non-hydrogen) atoms. The normalized spacial score (nSPS) is 10.7. The quantitative estimate of drug-likeness (QED) is 0.394. The summed E-state index contributed by atoms with van der Waals surface area (Å²) in [6.07, 6.45) is 0. The van der Waals surface area contributed by atoms with Crippen LogP contribution in [0.5, 0.6) is 11.5 Å². The number of phenolic OH excluding ortho intramolecular Hbond substituents is 2. The highest BCUT2D eigenvalue weighted by atomic mass is 32.1. The third-order valence-corrected chi connectivity index (χ3v) is 3.02. The molecule has 0 atom stereocenters. The van der Waals surface area contributed by atoms with Gasteiger partial charge >= 0.3 is 7.12 Å². The molecule has 0 saturated heterocycles. The molecule has 0 saturated carbocycles. The number of hydrogen-bond acceptors (Lipinski definition) is 5. The first-order chi connectivity index (χ1) is 6.61. The van der Waals surface area contributed by atoms with Gasteiger partial charge in [0.2, 0.25) is 0 Å². The average Bonchev–Trinajstić information content (AvgIpc) is 2.55. The Balaban J connectivity index is 2.77. The van der Waals surface area contributed by atoms with E-state index < -0.39 is 7.12 Å². The lowest BCUT2D eigenvalue weighted by molar-refractivity contribution is 0.408. The number of fused-ring (bicyclic) bond motifs is 1. The van der Waals surface area contributed by atoms with Gasteiger partial charge in [0.1, 0.15) is 0 Å². The van der Waals surface area contributed by atoms with E-state index in [9.17, 15) is 10.2 Å². The van der Waals surface area contributed by atoms with Crippen LogP contribution in [0.2, 0.25) is 0 Å². The summed E-state index contributed by atoms with van der Waals surface area (Å²) in [4.78, 5) is 0. The second kappa shape index (κ2) is 3.16. The van der Waals surface area contributed by atoms with Crippen LogP contribution in [0.15, 0.2) is 17.5 Å². The number of phenols is 2. The van der Waals surface area contributed by atoms with Crippen molar-refractivity contribution in [2.75, 3.05) is 0 Å². The zero-order valence-electron chi connectivity index (χ0n) is 7.01. The molecule has 2 rings (SSSR count). The lowest BCUT2D eigenvalue weighted by Crippen LogP contribution is -2.28. The fraction of sp³-hybridized carbons (Fsp3) is 0. The van der Waals surface area contributed by atoms with Crippen LogP contribution in [0.1, 0.15) is 0 Å². The Morgan fingerprint density at radius 2 is 1.86 bits per heavy atom. The first-order valence-corrected chi connectivity index (χ1v) is 4.77.